The van der Waals surface area contributed by atoms with Gasteiger partial charge in [-0.05, 0) is 18.2 Å². The lowest BCUT2D eigenvalue weighted by molar-refractivity contribution is -0.141. The summed E-state index contributed by atoms with van der Waals surface area (Å²) in [4.78, 5) is 24.5. The highest BCUT2D eigenvalue weighted by Crippen LogP contribution is 2.29. The Kier molecular flexibility index (Phi) is 4.69. The predicted molar refractivity (Wildman–Crippen MR) is 78.5 cm³/mol. The number of amides is 2. The second-order valence-electron chi connectivity index (χ2n) is 4.67. The number of β-amino-alcohol motifs (C(OH)–C–C–N with tert-alkyl or cyclic N) is 1. The molecule has 1 heterocycles. The van der Waals surface area contributed by atoms with Crippen molar-refractivity contribution in [2.24, 2.45) is 0 Å². The number of benzene rings is 1. The van der Waals surface area contributed by atoms with E-state index in [1.807, 2.05) is 0 Å². The van der Waals surface area contributed by atoms with Gasteiger partial charge in [0.25, 0.3) is 0 Å². The molecule has 114 valence electrons. The molecule has 1 aromatic carbocycles. The first-order valence-corrected chi connectivity index (χ1v) is 7.03. The average Bonchev–Trinajstić information content (AvgIpc) is 2.81. The number of likely N-dealkylation sites (tertiary alicyclic amines) is 1. The summed E-state index contributed by atoms with van der Waals surface area (Å²) in [5.74, 6) is -0.680. The van der Waals surface area contributed by atoms with Gasteiger partial charge in [-0.3, -0.25) is 0 Å². The number of carboxylic acid groups (broad SMARTS) is 1. The molecule has 0 aliphatic carbocycles. The first kappa shape index (κ1) is 15.6. The van der Waals surface area contributed by atoms with Crippen molar-refractivity contribution >= 4 is 33.6 Å². The van der Waals surface area contributed by atoms with Crippen LogP contribution >= 0.6 is 15.9 Å². The number of anilines is 1. The number of halogens is 1. The maximum atomic E-state index is 12.2. The van der Waals surface area contributed by atoms with Gasteiger partial charge in [0.05, 0.1) is 18.9 Å². The van der Waals surface area contributed by atoms with Gasteiger partial charge in [0.2, 0.25) is 0 Å². The number of carbonyl (C=O) groups is 2. The molecule has 8 heteroatoms. The second kappa shape index (κ2) is 6.31. The Morgan fingerprint density at radius 1 is 1.48 bits per heavy atom. The molecule has 0 radical (unpaired) electrons. The number of hydrogen-bond donors (Lipinski definition) is 3. The Hall–Kier alpha value is -1.80. The van der Waals surface area contributed by atoms with E-state index in [0.717, 1.165) is 9.37 Å². The second-order valence-corrected chi connectivity index (χ2v) is 5.59. The van der Waals surface area contributed by atoms with Crippen LogP contribution in [-0.4, -0.2) is 52.9 Å². The predicted octanol–water partition coefficient (Wildman–Crippen LogP) is 1.51. The molecule has 1 aromatic rings. The van der Waals surface area contributed by atoms with Gasteiger partial charge in [0, 0.05) is 17.4 Å². The maximum absolute atomic E-state index is 12.2. The largest absolute Gasteiger partial charge is 0.495 e. The van der Waals surface area contributed by atoms with E-state index in [9.17, 15) is 14.7 Å². The van der Waals surface area contributed by atoms with E-state index in [1.54, 1.807) is 18.2 Å². The van der Waals surface area contributed by atoms with Crippen LogP contribution in [0.4, 0.5) is 10.5 Å². The Balaban J connectivity index is 2.18. The van der Waals surface area contributed by atoms with Crippen LogP contribution in [0.2, 0.25) is 0 Å². The number of carbonyl (C=O) groups excluding carboxylic acids is 1. The molecule has 1 aliphatic rings. The van der Waals surface area contributed by atoms with Crippen LogP contribution < -0.4 is 10.1 Å². The van der Waals surface area contributed by atoms with Gasteiger partial charge in [0.15, 0.2) is 0 Å². The van der Waals surface area contributed by atoms with E-state index in [-0.39, 0.29) is 13.0 Å². The minimum Gasteiger partial charge on any atom is -0.495 e. The molecule has 0 bridgehead atoms. The van der Waals surface area contributed by atoms with Crippen LogP contribution in [0.3, 0.4) is 0 Å². The Labute approximate surface area is 129 Å². The molecule has 3 N–H and O–H groups in total. The first-order chi connectivity index (χ1) is 9.92. The van der Waals surface area contributed by atoms with E-state index >= 15 is 0 Å². The minimum atomic E-state index is -1.14. The third-order valence-corrected chi connectivity index (χ3v) is 3.72. The van der Waals surface area contributed by atoms with E-state index in [2.05, 4.69) is 21.2 Å². The zero-order valence-electron chi connectivity index (χ0n) is 11.2. The molecular formula is C13H15BrN2O5. The highest BCUT2D eigenvalue weighted by atomic mass is 79.9. The van der Waals surface area contributed by atoms with Gasteiger partial charge in [-0.25, -0.2) is 9.59 Å². The topological polar surface area (TPSA) is 99.1 Å². The molecule has 7 nitrogen and oxygen atoms in total. The van der Waals surface area contributed by atoms with Crippen molar-refractivity contribution in [2.45, 2.75) is 18.6 Å². The SMILES string of the molecule is COc1ccc(Br)cc1NC(=O)N1CC(O)CC1C(=O)O. The highest BCUT2D eigenvalue weighted by Gasteiger charge is 2.39. The number of aliphatic hydroxyl groups excluding tert-OH is 1. The smallest absolute Gasteiger partial charge is 0.326 e. The number of rotatable bonds is 3. The summed E-state index contributed by atoms with van der Waals surface area (Å²) >= 11 is 3.29. The molecule has 2 unspecified atom stereocenters. The number of aliphatic hydroxyl groups is 1. The van der Waals surface area contributed by atoms with Crippen LogP contribution in [-0.2, 0) is 4.79 Å². The standard InChI is InChI=1S/C13H15BrN2O5/c1-21-11-3-2-7(14)4-9(11)15-13(20)16-6-8(17)5-10(16)12(18)19/h2-4,8,10,17H,5-6H2,1H3,(H,15,20)(H,18,19). The highest BCUT2D eigenvalue weighted by molar-refractivity contribution is 9.10. The van der Waals surface area contributed by atoms with Gasteiger partial charge >= 0.3 is 12.0 Å². The van der Waals surface area contributed by atoms with E-state index < -0.39 is 24.1 Å². The number of hydrogen-bond acceptors (Lipinski definition) is 4. The number of nitrogens with one attached hydrogen (secondary N) is 1. The quantitative estimate of drug-likeness (QED) is 0.760. The van der Waals surface area contributed by atoms with Crippen molar-refractivity contribution in [3.8, 4) is 5.75 Å². The number of nitrogens with zero attached hydrogens (tertiary/aromatic N) is 1. The molecular weight excluding hydrogens is 344 g/mol. The van der Waals surface area contributed by atoms with Gasteiger partial charge in [-0.2, -0.15) is 0 Å². The van der Waals surface area contributed by atoms with Gasteiger partial charge in [-0.15, -0.1) is 0 Å². The normalized spacial score (nSPS) is 21.2. The zero-order chi connectivity index (χ0) is 15.6. The average molecular weight is 359 g/mol. The van der Waals surface area contributed by atoms with Gasteiger partial charge < -0.3 is 25.2 Å². The molecule has 2 amide bonds. The van der Waals surface area contributed by atoms with Gasteiger partial charge in [-0.1, -0.05) is 15.9 Å². The Morgan fingerprint density at radius 2 is 2.19 bits per heavy atom. The summed E-state index contributed by atoms with van der Waals surface area (Å²) in [6.45, 7) is -0.0148. The summed E-state index contributed by atoms with van der Waals surface area (Å²) < 4.78 is 5.88. The lowest BCUT2D eigenvalue weighted by atomic mass is 10.2. The first-order valence-electron chi connectivity index (χ1n) is 6.24. The van der Waals surface area contributed by atoms with E-state index in [1.165, 1.54) is 7.11 Å². The summed E-state index contributed by atoms with van der Waals surface area (Å²) in [7, 11) is 1.47. The fourth-order valence-electron chi connectivity index (χ4n) is 2.24. The molecule has 0 saturated carbocycles. The molecule has 2 rings (SSSR count). The molecule has 0 aromatic heterocycles. The van der Waals surface area contributed by atoms with Crippen molar-refractivity contribution in [2.75, 3.05) is 19.0 Å². The molecule has 0 spiro atoms. The molecule has 21 heavy (non-hydrogen) atoms. The summed E-state index contributed by atoms with van der Waals surface area (Å²) in [6.07, 6.45) is -0.806. The number of methoxy groups -OCH3 is 1. The Bertz CT molecular complexity index is 565. The monoisotopic (exact) mass is 358 g/mol. The number of ether oxygens (including phenoxy) is 1. The fraction of sp³-hybridized carbons (Fsp3) is 0.385. The number of carboxylic acids is 1. The number of urea groups is 1. The van der Waals surface area contributed by atoms with Crippen LogP contribution in [0.15, 0.2) is 22.7 Å². The fourth-order valence-corrected chi connectivity index (χ4v) is 2.60. The van der Waals surface area contributed by atoms with Crippen LogP contribution in [0.25, 0.3) is 0 Å². The van der Waals surface area contributed by atoms with Crippen LogP contribution in [0.1, 0.15) is 6.42 Å². The summed E-state index contributed by atoms with van der Waals surface area (Å²) in [5, 5.41) is 21.3. The molecule has 2 atom stereocenters. The maximum Gasteiger partial charge on any atom is 0.326 e. The Morgan fingerprint density at radius 3 is 2.81 bits per heavy atom. The van der Waals surface area contributed by atoms with Crippen molar-refractivity contribution in [1.29, 1.82) is 0 Å². The summed E-state index contributed by atoms with van der Waals surface area (Å²) in [5.41, 5.74) is 0.419. The third kappa shape index (κ3) is 3.45. The van der Waals surface area contributed by atoms with Gasteiger partial charge in [0.1, 0.15) is 11.8 Å². The lowest BCUT2D eigenvalue weighted by Gasteiger charge is -2.22. The van der Waals surface area contributed by atoms with Crippen molar-refractivity contribution < 1.29 is 24.5 Å². The van der Waals surface area contributed by atoms with Crippen LogP contribution in [0.5, 0.6) is 5.75 Å². The van der Waals surface area contributed by atoms with Crippen molar-refractivity contribution in [3.63, 3.8) is 0 Å². The third-order valence-electron chi connectivity index (χ3n) is 3.23. The molecule has 1 aliphatic heterocycles. The van der Waals surface area contributed by atoms with E-state index in [4.69, 9.17) is 9.84 Å². The van der Waals surface area contributed by atoms with E-state index in [0.29, 0.717) is 11.4 Å². The summed E-state index contributed by atoms with van der Waals surface area (Å²) in [6, 6.07) is 3.47. The molecule has 1 fully saturated rings. The minimum absolute atomic E-state index is 0.0148. The lowest BCUT2D eigenvalue weighted by Crippen LogP contribution is -2.43. The number of aliphatic carboxylic acids is 1. The van der Waals surface area contributed by atoms with Crippen LogP contribution in [0, 0.1) is 0 Å². The van der Waals surface area contributed by atoms with Crippen molar-refractivity contribution in [1.82, 2.24) is 4.90 Å². The van der Waals surface area contributed by atoms with Crippen molar-refractivity contribution in [3.05, 3.63) is 22.7 Å². The zero-order valence-corrected chi connectivity index (χ0v) is 12.8. The molecule has 1 saturated heterocycles.